The molecule has 0 aliphatic rings. The Morgan fingerprint density at radius 3 is 3.05 bits per heavy atom. The third-order valence-corrected chi connectivity index (χ3v) is 4.28. The highest BCUT2D eigenvalue weighted by atomic mass is 32.2. The third-order valence-electron chi connectivity index (χ3n) is 3.16. The Bertz CT molecular complexity index is 864. The van der Waals surface area contributed by atoms with Crippen LogP contribution in [0.25, 0.3) is 10.9 Å². The van der Waals surface area contributed by atoms with E-state index in [4.69, 9.17) is 0 Å². The van der Waals surface area contributed by atoms with E-state index in [2.05, 4.69) is 20.1 Å². The number of fused-ring (bicyclic) bond motifs is 1. The lowest BCUT2D eigenvalue weighted by Crippen LogP contribution is -2.33. The van der Waals surface area contributed by atoms with Crippen LogP contribution in [-0.4, -0.2) is 21.9 Å². The zero-order chi connectivity index (χ0) is 15.5. The molecule has 8 heteroatoms. The molecule has 0 radical (unpaired) electrons. The van der Waals surface area contributed by atoms with E-state index < -0.39 is 5.63 Å². The van der Waals surface area contributed by atoms with Gasteiger partial charge in [-0.15, -0.1) is 0 Å². The molecule has 3 aromatic rings. The summed E-state index contributed by atoms with van der Waals surface area (Å²) in [6.07, 6.45) is 2.16. The number of amides is 1. The first-order valence-electron chi connectivity index (χ1n) is 6.71. The van der Waals surface area contributed by atoms with E-state index in [0.29, 0.717) is 17.2 Å². The fraction of sp³-hybridized carbons (Fsp3) is 0.214. The number of nitrogens with one attached hydrogen (secondary N) is 3. The molecular weight excluding hydrogens is 304 g/mol. The van der Waals surface area contributed by atoms with Gasteiger partial charge in [-0.2, -0.15) is 0 Å². The van der Waals surface area contributed by atoms with Crippen LogP contribution in [0, 0.1) is 0 Å². The van der Waals surface area contributed by atoms with Crippen molar-refractivity contribution in [3.8, 4) is 0 Å². The Balaban J connectivity index is 1.55. The molecule has 3 rings (SSSR count). The van der Waals surface area contributed by atoms with Crippen molar-refractivity contribution in [3.05, 3.63) is 40.9 Å². The van der Waals surface area contributed by atoms with E-state index >= 15 is 0 Å². The molecule has 0 saturated carbocycles. The summed E-state index contributed by atoms with van der Waals surface area (Å²) < 4.78 is 6.13. The van der Waals surface area contributed by atoms with Crippen molar-refractivity contribution in [2.24, 2.45) is 7.05 Å². The maximum atomic E-state index is 11.9. The average Bonchev–Trinajstić information content (AvgIpc) is 3.07. The van der Waals surface area contributed by atoms with Gasteiger partial charge in [-0.05, 0) is 41.3 Å². The van der Waals surface area contributed by atoms with E-state index in [1.54, 1.807) is 7.05 Å². The maximum absolute atomic E-state index is 11.9. The van der Waals surface area contributed by atoms with Gasteiger partial charge in [0, 0.05) is 35.0 Å². The van der Waals surface area contributed by atoms with Crippen LogP contribution in [0.15, 0.2) is 44.8 Å². The Morgan fingerprint density at radius 2 is 2.27 bits per heavy atom. The largest absolute Gasteiger partial charge is 0.441 e. The lowest BCUT2D eigenvalue weighted by Gasteiger charge is -2.04. The van der Waals surface area contributed by atoms with Crippen molar-refractivity contribution in [1.82, 2.24) is 10.3 Å². The lowest BCUT2D eigenvalue weighted by molar-refractivity contribution is -0.772. The molecule has 1 aromatic carbocycles. The zero-order valence-electron chi connectivity index (χ0n) is 11.9. The first-order valence-corrected chi connectivity index (χ1v) is 7.69. The number of aromatic nitrogens is 3. The average molecular weight is 319 g/mol. The SMILES string of the molecule is C[n+]1[nH]oc(=O)c1SCCC(=O)Nc1ccc2[nH]ccc2c1. The number of aromatic amines is 2. The molecule has 2 heterocycles. The van der Waals surface area contributed by atoms with Gasteiger partial charge in [0.05, 0.1) is 0 Å². The molecule has 2 aromatic heterocycles. The van der Waals surface area contributed by atoms with Crippen LogP contribution in [0.5, 0.6) is 0 Å². The fourth-order valence-corrected chi connectivity index (χ4v) is 2.95. The van der Waals surface area contributed by atoms with Crippen LogP contribution in [0.4, 0.5) is 5.69 Å². The molecule has 0 aliphatic carbocycles. The predicted molar refractivity (Wildman–Crippen MR) is 82.8 cm³/mol. The summed E-state index contributed by atoms with van der Waals surface area (Å²) in [4.78, 5) is 26.4. The Hall–Kier alpha value is -2.48. The van der Waals surface area contributed by atoms with Crippen LogP contribution >= 0.6 is 11.8 Å². The van der Waals surface area contributed by atoms with E-state index in [0.717, 1.165) is 16.6 Å². The number of benzene rings is 1. The summed E-state index contributed by atoms with van der Waals surface area (Å²) >= 11 is 1.28. The maximum Gasteiger partial charge on any atom is 0.441 e. The highest BCUT2D eigenvalue weighted by molar-refractivity contribution is 7.99. The molecule has 7 nitrogen and oxygen atoms in total. The lowest BCUT2D eigenvalue weighted by atomic mass is 10.2. The molecule has 0 fully saturated rings. The second-order valence-corrected chi connectivity index (χ2v) is 5.85. The number of anilines is 1. The molecule has 0 spiro atoms. The number of nitrogens with zero attached hydrogens (tertiary/aromatic N) is 1. The normalized spacial score (nSPS) is 11.0. The highest BCUT2D eigenvalue weighted by Crippen LogP contribution is 2.18. The van der Waals surface area contributed by atoms with Crippen LogP contribution in [0.3, 0.4) is 0 Å². The number of rotatable bonds is 5. The fourth-order valence-electron chi connectivity index (χ4n) is 2.08. The standard InChI is InChI=1S/C14H14N4O3S/c1-18-13(14(20)21-17-18)22-7-5-12(19)16-10-2-3-11-9(8-10)4-6-15-11/h2-4,6,8,17,20H,5,7H2,1H3/p+1. The molecule has 1 amide bonds. The van der Waals surface area contributed by atoms with Crippen LogP contribution in [0.2, 0.25) is 0 Å². The smallest absolute Gasteiger partial charge is 0.361 e. The van der Waals surface area contributed by atoms with Gasteiger partial charge in [-0.3, -0.25) is 9.32 Å². The quantitative estimate of drug-likeness (QED) is 0.489. The molecule has 0 saturated heterocycles. The summed E-state index contributed by atoms with van der Waals surface area (Å²) in [7, 11) is 1.68. The number of hydrogen-bond acceptors (Lipinski definition) is 4. The Labute approximate surface area is 129 Å². The summed E-state index contributed by atoms with van der Waals surface area (Å²) in [5, 5.41) is 6.78. The van der Waals surface area contributed by atoms with Gasteiger partial charge in [0.15, 0.2) is 7.05 Å². The third kappa shape index (κ3) is 3.06. The summed E-state index contributed by atoms with van der Waals surface area (Å²) in [5.74, 6) is 0.402. The number of hydrogen-bond donors (Lipinski definition) is 3. The topological polar surface area (TPSA) is 94.8 Å². The number of H-pyrrole nitrogens is 2. The van der Waals surface area contributed by atoms with Crippen molar-refractivity contribution in [3.63, 3.8) is 0 Å². The minimum Gasteiger partial charge on any atom is -0.361 e. The minimum absolute atomic E-state index is 0.0926. The molecule has 0 bridgehead atoms. The minimum atomic E-state index is -0.425. The zero-order valence-corrected chi connectivity index (χ0v) is 12.7. The van der Waals surface area contributed by atoms with Crippen molar-refractivity contribution < 1.29 is 14.0 Å². The second kappa shape index (κ2) is 6.10. The van der Waals surface area contributed by atoms with Crippen LogP contribution < -0.4 is 15.6 Å². The molecule has 114 valence electrons. The van der Waals surface area contributed by atoms with Crippen molar-refractivity contribution >= 4 is 34.3 Å². The predicted octanol–water partition coefficient (Wildman–Crippen LogP) is 1.39. The summed E-state index contributed by atoms with van der Waals surface area (Å²) in [6.45, 7) is 0. The molecule has 0 aliphatic heterocycles. The van der Waals surface area contributed by atoms with Gasteiger partial charge in [0.25, 0.3) is 0 Å². The molecule has 3 N–H and O–H groups in total. The second-order valence-electron chi connectivity index (χ2n) is 4.77. The molecular formula is C14H15N4O3S+. The number of carbonyl (C=O) groups is 1. The van der Waals surface area contributed by atoms with Crippen LogP contribution in [0.1, 0.15) is 6.42 Å². The number of carbonyl (C=O) groups excluding carboxylic acids is 1. The van der Waals surface area contributed by atoms with Crippen molar-refractivity contribution in [2.75, 3.05) is 11.1 Å². The van der Waals surface area contributed by atoms with Gasteiger partial charge < -0.3 is 10.3 Å². The van der Waals surface area contributed by atoms with Gasteiger partial charge in [0.1, 0.15) is 0 Å². The first kappa shape index (κ1) is 14.5. The van der Waals surface area contributed by atoms with E-state index in [1.165, 1.54) is 16.4 Å². The Kier molecular flexibility index (Phi) is 4.01. The number of aryl methyl sites for hydroxylation is 1. The van der Waals surface area contributed by atoms with Gasteiger partial charge >= 0.3 is 10.7 Å². The number of thioether (sulfide) groups is 1. The van der Waals surface area contributed by atoms with Gasteiger partial charge in [0.2, 0.25) is 5.91 Å². The molecule has 0 unspecified atom stereocenters. The van der Waals surface area contributed by atoms with Crippen molar-refractivity contribution in [2.45, 2.75) is 11.4 Å². The Morgan fingerprint density at radius 1 is 1.41 bits per heavy atom. The molecule has 0 atom stereocenters. The van der Waals surface area contributed by atoms with E-state index in [1.807, 2.05) is 30.5 Å². The first-order chi connectivity index (χ1) is 10.6. The summed E-state index contributed by atoms with van der Waals surface area (Å²) in [5.41, 5.74) is 1.36. The van der Waals surface area contributed by atoms with Gasteiger partial charge in [-0.25, -0.2) is 4.79 Å². The van der Waals surface area contributed by atoms with E-state index in [9.17, 15) is 9.59 Å². The van der Waals surface area contributed by atoms with Gasteiger partial charge in [-0.1, -0.05) is 4.68 Å². The van der Waals surface area contributed by atoms with Crippen LogP contribution in [-0.2, 0) is 11.8 Å². The summed E-state index contributed by atoms with van der Waals surface area (Å²) in [6, 6.07) is 7.64. The van der Waals surface area contributed by atoms with Crippen molar-refractivity contribution in [1.29, 1.82) is 0 Å². The highest BCUT2D eigenvalue weighted by Gasteiger charge is 2.17. The molecule has 22 heavy (non-hydrogen) atoms. The monoisotopic (exact) mass is 319 g/mol. The van der Waals surface area contributed by atoms with E-state index in [-0.39, 0.29) is 5.91 Å².